The Morgan fingerprint density at radius 2 is 1.96 bits per heavy atom. The predicted octanol–water partition coefficient (Wildman–Crippen LogP) is -0.745. The maximum absolute atomic E-state index is 11.1. The van der Waals surface area contributed by atoms with Crippen LogP contribution in [0.2, 0.25) is 0 Å². The van der Waals surface area contributed by atoms with E-state index in [4.69, 9.17) is 19.3 Å². The van der Waals surface area contributed by atoms with Gasteiger partial charge in [-0.1, -0.05) is 0 Å². The summed E-state index contributed by atoms with van der Waals surface area (Å²) in [6.07, 6.45) is -10.3. The minimum absolute atomic E-state index is 0.00195. The van der Waals surface area contributed by atoms with Crippen LogP contribution < -0.4 is 4.74 Å². The Hall–Kier alpha value is -2.21. The Labute approximate surface area is 159 Å². The third-order valence-corrected chi connectivity index (χ3v) is 4.81. The second-order valence-corrected chi connectivity index (χ2v) is 6.67. The molecule has 1 saturated heterocycles. The predicted molar refractivity (Wildman–Crippen MR) is 94.7 cm³/mol. The van der Waals surface area contributed by atoms with Crippen molar-refractivity contribution in [1.82, 2.24) is 4.98 Å². The first-order chi connectivity index (χ1) is 13.2. The Bertz CT molecular complexity index is 851. The van der Waals surface area contributed by atoms with Crippen LogP contribution in [-0.4, -0.2) is 80.6 Å². The summed E-state index contributed by atoms with van der Waals surface area (Å²) in [6, 6.07) is 5.43. The molecule has 0 aliphatic carbocycles. The van der Waals surface area contributed by atoms with Crippen LogP contribution in [0.1, 0.15) is 11.3 Å². The third-order valence-electron chi connectivity index (χ3n) is 4.81. The van der Waals surface area contributed by atoms with Gasteiger partial charge in [-0.25, -0.2) is 4.79 Å². The maximum Gasteiger partial charge on any atom is 0.335 e. The molecule has 6 unspecified atom stereocenters. The fourth-order valence-electron chi connectivity index (χ4n) is 3.29. The molecular weight excluding hydrogens is 374 g/mol. The van der Waals surface area contributed by atoms with E-state index in [2.05, 4.69) is 4.98 Å². The molecule has 0 spiro atoms. The third kappa shape index (κ3) is 3.83. The van der Waals surface area contributed by atoms with Crippen molar-refractivity contribution in [3.63, 3.8) is 0 Å². The Balaban J connectivity index is 1.76. The van der Waals surface area contributed by atoms with Gasteiger partial charge in [0.1, 0.15) is 24.1 Å². The molecule has 10 heteroatoms. The molecule has 6 atom stereocenters. The number of methoxy groups -OCH3 is 1. The number of aliphatic carboxylic acids is 1. The minimum atomic E-state index is -1.83. The number of fused-ring (bicyclic) bond motifs is 1. The van der Waals surface area contributed by atoms with E-state index in [1.54, 1.807) is 19.2 Å². The molecule has 0 amide bonds. The molecule has 0 bridgehead atoms. The highest BCUT2D eigenvalue weighted by molar-refractivity contribution is 5.86. The first-order valence-electron chi connectivity index (χ1n) is 8.64. The number of aliphatic hydroxyl groups is 4. The van der Waals surface area contributed by atoms with Gasteiger partial charge in [0, 0.05) is 23.0 Å². The molecule has 1 aromatic heterocycles. The monoisotopic (exact) mass is 397 g/mol. The van der Waals surface area contributed by atoms with Gasteiger partial charge in [0.2, 0.25) is 0 Å². The van der Waals surface area contributed by atoms with Gasteiger partial charge in [0.25, 0.3) is 0 Å². The summed E-state index contributed by atoms with van der Waals surface area (Å²) in [4.78, 5) is 14.3. The lowest BCUT2D eigenvalue weighted by Gasteiger charge is -2.39. The molecule has 154 valence electrons. The van der Waals surface area contributed by atoms with E-state index in [0.717, 1.165) is 22.2 Å². The normalized spacial score (nSPS) is 29.0. The smallest absolute Gasteiger partial charge is 0.335 e. The van der Waals surface area contributed by atoms with Crippen molar-refractivity contribution in [2.24, 2.45) is 0 Å². The highest BCUT2D eigenvalue weighted by atomic mass is 16.7. The number of benzene rings is 1. The van der Waals surface area contributed by atoms with Gasteiger partial charge in [0.15, 0.2) is 18.7 Å². The van der Waals surface area contributed by atoms with Crippen molar-refractivity contribution >= 4 is 16.9 Å². The van der Waals surface area contributed by atoms with Crippen LogP contribution in [0, 0.1) is 6.92 Å². The number of ether oxygens (including phenoxy) is 3. The van der Waals surface area contributed by atoms with Crippen LogP contribution >= 0.6 is 0 Å². The summed E-state index contributed by atoms with van der Waals surface area (Å²) in [6.45, 7) is 1.82. The zero-order chi connectivity index (χ0) is 20.6. The number of aromatic nitrogens is 1. The molecule has 10 nitrogen and oxygen atoms in total. The van der Waals surface area contributed by atoms with Crippen molar-refractivity contribution in [2.75, 3.05) is 7.11 Å². The fraction of sp³-hybridized carbons (Fsp3) is 0.500. The van der Waals surface area contributed by atoms with Crippen LogP contribution in [0.15, 0.2) is 18.2 Å². The van der Waals surface area contributed by atoms with Gasteiger partial charge >= 0.3 is 5.97 Å². The zero-order valence-electron chi connectivity index (χ0n) is 15.3. The first kappa shape index (κ1) is 20.5. The van der Waals surface area contributed by atoms with E-state index < -0.39 is 43.0 Å². The van der Waals surface area contributed by atoms with Crippen molar-refractivity contribution in [2.45, 2.75) is 50.3 Å². The number of nitrogens with one attached hydrogen (secondary N) is 1. The number of carbonyl (C=O) groups is 1. The maximum atomic E-state index is 11.1. The second-order valence-electron chi connectivity index (χ2n) is 6.67. The SMILES string of the molecule is COc1ccc2[nH]c(C)c(CC(O)OC3OC(C(=O)O)C(O)C(O)C3O)c2c1. The summed E-state index contributed by atoms with van der Waals surface area (Å²) in [5.74, 6) is -0.892. The summed E-state index contributed by atoms with van der Waals surface area (Å²) >= 11 is 0. The zero-order valence-corrected chi connectivity index (χ0v) is 15.3. The fourth-order valence-corrected chi connectivity index (χ4v) is 3.29. The van der Waals surface area contributed by atoms with Crippen molar-refractivity contribution in [3.8, 4) is 5.75 Å². The lowest BCUT2D eigenvalue weighted by Crippen LogP contribution is -2.60. The highest BCUT2D eigenvalue weighted by Gasteiger charge is 2.48. The van der Waals surface area contributed by atoms with Crippen LogP contribution in [0.4, 0.5) is 0 Å². The Morgan fingerprint density at radius 1 is 1.25 bits per heavy atom. The number of hydrogen-bond acceptors (Lipinski definition) is 8. The average Bonchev–Trinajstić information content (AvgIpc) is 2.96. The number of aliphatic hydroxyl groups excluding tert-OH is 4. The molecule has 1 aromatic carbocycles. The minimum Gasteiger partial charge on any atom is -0.497 e. The molecule has 0 radical (unpaired) electrons. The standard InChI is InChI=1S/C18H23NO9/c1-7-9(10-5-8(26-2)3-4-11(10)19-7)6-12(20)27-18-15(23)13(21)14(22)16(28-18)17(24)25/h3-5,12-16,18-23H,6H2,1-2H3,(H,24,25). The largest absolute Gasteiger partial charge is 0.497 e. The average molecular weight is 397 g/mol. The van der Waals surface area contributed by atoms with Crippen LogP contribution in [0.3, 0.4) is 0 Å². The van der Waals surface area contributed by atoms with E-state index in [1.165, 1.54) is 0 Å². The van der Waals surface area contributed by atoms with Crippen molar-refractivity contribution in [1.29, 1.82) is 0 Å². The van der Waals surface area contributed by atoms with Crippen molar-refractivity contribution < 1.29 is 44.5 Å². The van der Waals surface area contributed by atoms with Crippen LogP contribution in [0.5, 0.6) is 5.75 Å². The van der Waals surface area contributed by atoms with E-state index in [-0.39, 0.29) is 6.42 Å². The second kappa shape index (κ2) is 8.03. The van der Waals surface area contributed by atoms with Gasteiger partial charge < -0.3 is 44.7 Å². The number of carboxylic acids is 1. The first-order valence-corrected chi connectivity index (χ1v) is 8.64. The molecule has 1 aliphatic heterocycles. The summed E-state index contributed by atoms with van der Waals surface area (Å²) in [7, 11) is 1.54. The summed E-state index contributed by atoms with van der Waals surface area (Å²) in [5, 5.41) is 49.7. The van der Waals surface area contributed by atoms with Crippen LogP contribution in [0.25, 0.3) is 10.9 Å². The number of carboxylic acid groups (broad SMARTS) is 1. The molecule has 1 fully saturated rings. The van der Waals surface area contributed by atoms with Gasteiger partial charge in [-0.05, 0) is 30.7 Å². The van der Waals surface area contributed by atoms with E-state index in [1.807, 2.05) is 13.0 Å². The van der Waals surface area contributed by atoms with E-state index >= 15 is 0 Å². The molecule has 2 aromatic rings. The number of H-pyrrole nitrogens is 1. The quantitative estimate of drug-likeness (QED) is 0.345. The van der Waals surface area contributed by atoms with Gasteiger partial charge in [-0.15, -0.1) is 0 Å². The molecule has 1 aliphatic rings. The Kier molecular flexibility index (Phi) is 5.89. The summed E-state index contributed by atoms with van der Waals surface area (Å²) < 4.78 is 15.5. The van der Waals surface area contributed by atoms with E-state index in [0.29, 0.717) is 5.75 Å². The Morgan fingerprint density at radius 3 is 2.61 bits per heavy atom. The van der Waals surface area contributed by atoms with E-state index in [9.17, 15) is 25.2 Å². The molecule has 0 saturated carbocycles. The van der Waals surface area contributed by atoms with Crippen LogP contribution in [-0.2, 0) is 20.7 Å². The lowest BCUT2D eigenvalue weighted by molar-refractivity contribution is -0.324. The summed E-state index contributed by atoms with van der Waals surface area (Å²) in [5.41, 5.74) is 2.36. The number of hydrogen-bond donors (Lipinski definition) is 6. The number of aryl methyl sites for hydroxylation is 1. The number of aromatic amines is 1. The highest BCUT2D eigenvalue weighted by Crippen LogP contribution is 2.29. The number of rotatable bonds is 6. The van der Waals surface area contributed by atoms with Gasteiger partial charge in [-0.3, -0.25) is 0 Å². The lowest BCUT2D eigenvalue weighted by atomic mass is 9.99. The topological polar surface area (TPSA) is 162 Å². The molecule has 2 heterocycles. The molecular formula is C18H23NO9. The molecule has 3 rings (SSSR count). The van der Waals surface area contributed by atoms with Gasteiger partial charge in [0.05, 0.1) is 7.11 Å². The molecule has 28 heavy (non-hydrogen) atoms. The van der Waals surface area contributed by atoms with Gasteiger partial charge in [-0.2, -0.15) is 0 Å². The van der Waals surface area contributed by atoms with Crippen molar-refractivity contribution in [3.05, 3.63) is 29.5 Å². The molecule has 6 N–H and O–H groups in total.